The molecule has 0 heterocycles. The van der Waals surface area contributed by atoms with E-state index in [4.69, 9.17) is 5.11 Å². The van der Waals surface area contributed by atoms with Gasteiger partial charge in [-0.15, -0.1) is 0 Å². The van der Waals surface area contributed by atoms with Crippen molar-refractivity contribution in [3.05, 3.63) is 58.1 Å². The largest absolute Gasteiger partial charge is 0.395 e. The minimum Gasteiger partial charge on any atom is -0.395 e. The number of anilines is 2. The minimum absolute atomic E-state index is 0.0732. The van der Waals surface area contributed by atoms with Crippen LogP contribution in [0.5, 0.6) is 0 Å². The van der Waals surface area contributed by atoms with Crippen LogP contribution in [0.2, 0.25) is 0 Å². The van der Waals surface area contributed by atoms with Crippen molar-refractivity contribution in [2.24, 2.45) is 0 Å². The Morgan fingerprint density at radius 3 is 2.48 bits per heavy atom. The van der Waals surface area contributed by atoms with Crippen LogP contribution >= 0.6 is 0 Å². The highest BCUT2D eigenvalue weighted by atomic mass is 32.2. The van der Waals surface area contributed by atoms with Crippen LogP contribution in [-0.2, 0) is 16.6 Å². The SMILES string of the molecule is CN(C)S(=O)(=O)c1cccc(CNc2cc([N+](=O)[O-])ccc2NCCO)c1. The number of rotatable bonds is 9. The van der Waals surface area contributed by atoms with Gasteiger partial charge in [-0.1, -0.05) is 12.1 Å². The summed E-state index contributed by atoms with van der Waals surface area (Å²) in [5, 5.41) is 26.0. The van der Waals surface area contributed by atoms with Crippen LogP contribution in [0.3, 0.4) is 0 Å². The zero-order valence-electron chi connectivity index (χ0n) is 15.0. The van der Waals surface area contributed by atoms with Gasteiger partial charge >= 0.3 is 0 Å². The molecular formula is C17H22N4O5S. The molecular weight excluding hydrogens is 372 g/mol. The Hall–Kier alpha value is -2.69. The third-order valence-corrected chi connectivity index (χ3v) is 5.61. The van der Waals surface area contributed by atoms with Crippen molar-refractivity contribution in [1.29, 1.82) is 0 Å². The summed E-state index contributed by atoms with van der Waals surface area (Å²) in [6, 6.07) is 10.8. The summed E-state index contributed by atoms with van der Waals surface area (Å²) < 4.78 is 25.6. The molecule has 0 saturated heterocycles. The molecule has 3 N–H and O–H groups in total. The van der Waals surface area contributed by atoms with Crippen molar-refractivity contribution in [3.63, 3.8) is 0 Å². The van der Waals surface area contributed by atoms with Crippen molar-refractivity contribution < 1.29 is 18.4 Å². The van der Waals surface area contributed by atoms with E-state index in [9.17, 15) is 18.5 Å². The van der Waals surface area contributed by atoms with Gasteiger partial charge in [0.1, 0.15) is 0 Å². The van der Waals surface area contributed by atoms with E-state index in [1.165, 1.54) is 32.3 Å². The van der Waals surface area contributed by atoms with Crippen LogP contribution in [0.25, 0.3) is 0 Å². The standard InChI is InChI=1S/C17H22N4O5S/c1-20(2)27(25,26)15-5-3-4-13(10-15)12-19-17-11-14(21(23)24)6-7-16(17)18-8-9-22/h3-7,10-11,18-19,22H,8-9,12H2,1-2H3. The van der Waals surface area contributed by atoms with Gasteiger partial charge in [-0.3, -0.25) is 10.1 Å². The van der Waals surface area contributed by atoms with Gasteiger partial charge in [0.15, 0.2) is 0 Å². The van der Waals surface area contributed by atoms with Gasteiger partial charge in [-0.05, 0) is 23.8 Å². The van der Waals surface area contributed by atoms with Gasteiger partial charge in [-0.25, -0.2) is 12.7 Å². The first-order valence-electron chi connectivity index (χ1n) is 8.14. The van der Waals surface area contributed by atoms with E-state index in [2.05, 4.69) is 10.6 Å². The van der Waals surface area contributed by atoms with E-state index in [0.717, 1.165) is 4.31 Å². The first-order chi connectivity index (χ1) is 12.8. The second kappa shape index (κ2) is 8.80. The Morgan fingerprint density at radius 1 is 1.11 bits per heavy atom. The lowest BCUT2D eigenvalue weighted by Gasteiger charge is -2.15. The fraction of sp³-hybridized carbons (Fsp3) is 0.294. The Bertz CT molecular complexity index is 915. The van der Waals surface area contributed by atoms with Crippen LogP contribution < -0.4 is 10.6 Å². The summed E-state index contributed by atoms with van der Waals surface area (Å²) in [6.07, 6.45) is 0. The molecule has 0 aliphatic carbocycles. The number of hydrogen-bond acceptors (Lipinski definition) is 7. The molecule has 0 aliphatic heterocycles. The quantitative estimate of drug-likeness (QED) is 0.438. The second-order valence-corrected chi connectivity index (χ2v) is 8.08. The fourth-order valence-corrected chi connectivity index (χ4v) is 3.33. The molecule has 2 rings (SSSR count). The van der Waals surface area contributed by atoms with Crippen LogP contribution in [0, 0.1) is 10.1 Å². The lowest BCUT2D eigenvalue weighted by molar-refractivity contribution is -0.384. The molecule has 2 aromatic rings. The lowest BCUT2D eigenvalue weighted by Crippen LogP contribution is -2.22. The molecule has 2 aromatic carbocycles. The third-order valence-electron chi connectivity index (χ3n) is 3.80. The molecule has 0 atom stereocenters. The maximum absolute atomic E-state index is 12.2. The van der Waals surface area contributed by atoms with E-state index in [0.29, 0.717) is 23.5 Å². The number of aliphatic hydroxyl groups is 1. The van der Waals surface area contributed by atoms with Gasteiger partial charge in [-0.2, -0.15) is 0 Å². The molecule has 0 fully saturated rings. The van der Waals surface area contributed by atoms with Gasteiger partial charge in [0, 0.05) is 39.3 Å². The number of benzene rings is 2. The number of sulfonamides is 1. The van der Waals surface area contributed by atoms with Gasteiger partial charge in [0.25, 0.3) is 5.69 Å². The summed E-state index contributed by atoms with van der Waals surface area (Å²) in [5.41, 5.74) is 1.72. The summed E-state index contributed by atoms with van der Waals surface area (Å²) >= 11 is 0. The van der Waals surface area contributed by atoms with Crippen LogP contribution in [0.1, 0.15) is 5.56 Å². The third kappa shape index (κ3) is 5.16. The van der Waals surface area contributed by atoms with Gasteiger partial charge in [0.05, 0.1) is 27.8 Å². The number of hydrogen-bond donors (Lipinski definition) is 3. The summed E-state index contributed by atoms with van der Waals surface area (Å²) in [4.78, 5) is 10.7. The minimum atomic E-state index is -3.54. The highest BCUT2D eigenvalue weighted by molar-refractivity contribution is 7.89. The number of aliphatic hydroxyl groups excluding tert-OH is 1. The zero-order valence-corrected chi connectivity index (χ0v) is 15.9. The Kier molecular flexibility index (Phi) is 6.72. The number of nitrogens with zero attached hydrogens (tertiary/aromatic N) is 2. The monoisotopic (exact) mass is 394 g/mol. The van der Waals surface area contributed by atoms with E-state index in [-0.39, 0.29) is 23.7 Å². The molecule has 0 unspecified atom stereocenters. The fourth-order valence-electron chi connectivity index (χ4n) is 2.36. The lowest BCUT2D eigenvalue weighted by atomic mass is 10.2. The maximum atomic E-state index is 12.2. The molecule has 9 nitrogen and oxygen atoms in total. The zero-order chi connectivity index (χ0) is 20.0. The summed E-state index contributed by atoms with van der Waals surface area (Å²) in [5.74, 6) is 0. The highest BCUT2D eigenvalue weighted by Crippen LogP contribution is 2.27. The highest BCUT2D eigenvalue weighted by Gasteiger charge is 2.17. The molecule has 0 aliphatic rings. The summed E-state index contributed by atoms with van der Waals surface area (Å²) in [6.45, 7) is 0.482. The Balaban J connectivity index is 2.25. The predicted molar refractivity (Wildman–Crippen MR) is 103 cm³/mol. The van der Waals surface area contributed by atoms with Crippen molar-refractivity contribution in [3.8, 4) is 0 Å². The van der Waals surface area contributed by atoms with Crippen molar-refractivity contribution in [2.75, 3.05) is 37.9 Å². The van der Waals surface area contributed by atoms with Gasteiger partial charge < -0.3 is 15.7 Å². The van der Waals surface area contributed by atoms with E-state index < -0.39 is 14.9 Å². The normalized spacial score (nSPS) is 11.4. The average Bonchev–Trinajstić information content (AvgIpc) is 2.64. The molecule has 146 valence electrons. The van der Waals surface area contributed by atoms with Gasteiger partial charge in [0.2, 0.25) is 10.0 Å². The van der Waals surface area contributed by atoms with E-state index in [1.807, 2.05) is 0 Å². The Labute approximate surface area is 157 Å². The molecule has 0 aromatic heterocycles. The first kappa shape index (κ1) is 20.6. The average molecular weight is 394 g/mol. The van der Waals surface area contributed by atoms with E-state index >= 15 is 0 Å². The molecule has 27 heavy (non-hydrogen) atoms. The van der Waals surface area contributed by atoms with Crippen molar-refractivity contribution in [1.82, 2.24) is 4.31 Å². The predicted octanol–water partition coefficient (Wildman–Crippen LogP) is 1.86. The number of nitro groups is 1. The van der Waals surface area contributed by atoms with Crippen LogP contribution in [-0.4, -0.2) is 50.0 Å². The van der Waals surface area contributed by atoms with E-state index in [1.54, 1.807) is 24.3 Å². The molecule has 0 amide bonds. The molecule has 0 saturated carbocycles. The molecule has 0 radical (unpaired) electrons. The first-order valence-corrected chi connectivity index (χ1v) is 9.58. The molecule has 0 spiro atoms. The second-order valence-electron chi connectivity index (χ2n) is 5.93. The number of nitrogens with one attached hydrogen (secondary N) is 2. The smallest absolute Gasteiger partial charge is 0.271 e. The van der Waals surface area contributed by atoms with Crippen LogP contribution in [0.15, 0.2) is 47.4 Å². The maximum Gasteiger partial charge on any atom is 0.271 e. The van der Waals surface area contributed by atoms with Crippen molar-refractivity contribution >= 4 is 27.1 Å². The van der Waals surface area contributed by atoms with Crippen molar-refractivity contribution in [2.45, 2.75) is 11.4 Å². The number of nitro benzene ring substituents is 1. The molecule has 0 bridgehead atoms. The number of non-ortho nitro benzene ring substituents is 1. The Morgan fingerprint density at radius 2 is 1.85 bits per heavy atom. The summed E-state index contributed by atoms with van der Waals surface area (Å²) in [7, 11) is -0.623. The topological polar surface area (TPSA) is 125 Å². The van der Waals surface area contributed by atoms with Crippen LogP contribution in [0.4, 0.5) is 17.1 Å². The molecule has 10 heteroatoms.